The fourth-order valence-electron chi connectivity index (χ4n) is 3.79. The van der Waals surface area contributed by atoms with Crippen LogP contribution in [-0.4, -0.2) is 23.2 Å². The van der Waals surface area contributed by atoms with Gasteiger partial charge in [-0.1, -0.05) is 58.6 Å². The molecule has 6 nitrogen and oxygen atoms in total. The van der Waals surface area contributed by atoms with E-state index in [1.54, 1.807) is 67.0 Å². The Balaban J connectivity index is 1.84. The van der Waals surface area contributed by atoms with E-state index in [1.807, 2.05) is 12.1 Å². The molecule has 33 heavy (non-hydrogen) atoms. The number of amides is 1. The summed E-state index contributed by atoms with van der Waals surface area (Å²) in [6.07, 6.45) is 5.14. The third-order valence-electron chi connectivity index (χ3n) is 5.30. The number of Topliss-reactive ketones (excluding diaryl/α,β-unsaturated/α-hetero) is 1. The van der Waals surface area contributed by atoms with Crippen LogP contribution in [0.15, 0.2) is 95.8 Å². The summed E-state index contributed by atoms with van der Waals surface area (Å²) in [5.41, 5.74) is 1.70. The molecule has 1 N–H and O–H groups in total. The molecule has 0 radical (unpaired) electrons. The normalized spacial score (nSPS) is 17.2. The van der Waals surface area contributed by atoms with Crippen molar-refractivity contribution in [1.29, 1.82) is 0 Å². The van der Waals surface area contributed by atoms with Gasteiger partial charge in [-0.2, -0.15) is 0 Å². The van der Waals surface area contributed by atoms with Gasteiger partial charge in [-0.15, -0.1) is 0 Å². The lowest BCUT2D eigenvalue weighted by atomic mass is 9.95. The van der Waals surface area contributed by atoms with E-state index in [0.29, 0.717) is 23.5 Å². The highest BCUT2D eigenvalue weighted by molar-refractivity contribution is 9.10. The van der Waals surface area contributed by atoms with Gasteiger partial charge < -0.3 is 14.7 Å². The third kappa shape index (κ3) is 4.73. The Bertz CT molecular complexity index is 1220. The molecule has 7 heteroatoms. The molecule has 166 valence electrons. The maximum absolute atomic E-state index is 13.5. The molecular weight excluding hydrogens is 484 g/mol. The number of carbonyl (C=O) groups excluding carboxylic acids is 2. The molecule has 1 aliphatic heterocycles. The van der Waals surface area contributed by atoms with Gasteiger partial charge in [-0.3, -0.25) is 9.59 Å². The zero-order valence-corrected chi connectivity index (χ0v) is 19.2. The molecule has 1 saturated heterocycles. The van der Waals surface area contributed by atoms with Crippen LogP contribution in [-0.2, 0) is 16.1 Å². The van der Waals surface area contributed by atoms with Gasteiger partial charge >= 0.3 is 0 Å². The summed E-state index contributed by atoms with van der Waals surface area (Å²) in [4.78, 5) is 30.6. The van der Waals surface area contributed by atoms with E-state index in [1.165, 1.54) is 4.90 Å². The Morgan fingerprint density at radius 1 is 1.15 bits per heavy atom. The molecule has 2 heterocycles. The first-order valence-corrected chi connectivity index (χ1v) is 11.1. The number of ether oxygens (including phenoxy) is 1. The molecule has 0 spiro atoms. The van der Waals surface area contributed by atoms with E-state index >= 15 is 0 Å². The molecule has 3 aromatic rings. The third-order valence-corrected chi connectivity index (χ3v) is 5.83. The van der Waals surface area contributed by atoms with Crippen LogP contribution in [0.25, 0.3) is 5.76 Å². The molecule has 1 atom stereocenters. The summed E-state index contributed by atoms with van der Waals surface area (Å²) >= 11 is 3.35. The molecule has 1 amide bonds. The van der Waals surface area contributed by atoms with Crippen LogP contribution in [0.1, 0.15) is 22.7 Å². The maximum atomic E-state index is 13.5. The van der Waals surface area contributed by atoms with Crippen molar-refractivity contribution < 1.29 is 24.4 Å². The number of hydrogen-bond donors (Lipinski definition) is 0. The number of H-pyrrole nitrogens is 1. The minimum atomic E-state index is -0.839. The van der Waals surface area contributed by atoms with E-state index in [2.05, 4.69) is 27.5 Å². The number of nitrogens with one attached hydrogen (secondary N) is 1. The quantitative estimate of drug-likeness (QED) is 0.214. The van der Waals surface area contributed by atoms with Gasteiger partial charge in [0.2, 0.25) is 5.78 Å². The van der Waals surface area contributed by atoms with Crippen LogP contribution >= 0.6 is 15.9 Å². The molecule has 1 aromatic heterocycles. The summed E-state index contributed by atoms with van der Waals surface area (Å²) < 4.78 is 6.45. The van der Waals surface area contributed by atoms with Crippen molar-refractivity contribution in [2.75, 3.05) is 6.61 Å². The number of carbonyl (C=O) groups is 2. The number of likely N-dealkylation sites (tertiary alicyclic amines) is 1. The lowest BCUT2D eigenvalue weighted by molar-refractivity contribution is -0.378. The predicted octanol–water partition coefficient (Wildman–Crippen LogP) is 3.25. The van der Waals surface area contributed by atoms with E-state index in [-0.39, 0.29) is 12.1 Å². The minimum absolute atomic E-state index is 0.0666. The van der Waals surface area contributed by atoms with Crippen LogP contribution in [0.5, 0.6) is 5.75 Å². The molecule has 4 rings (SSSR count). The highest BCUT2D eigenvalue weighted by atomic mass is 79.9. The summed E-state index contributed by atoms with van der Waals surface area (Å²) in [5.74, 6) is -1.40. The average molecular weight is 505 g/mol. The number of nitrogens with zero attached hydrogens (tertiary/aromatic N) is 1. The van der Waals surface area contributed by atoms with Gasteiger partial charge in [0.15, 0.2) is 12.4 Å². The topological polar surface area (TPSA) is 83.8 Å². The molecule has 0 bridgehead atoms. The van der Waals surface area contributed by atoms with Gasteiger partial charge in [-0.05, 0) is 41.5 Å². The minimum Gasteiger partial charge on any atom is -0.872 e. The summed E-state index contributed by atoms with van der Waals surface area (Å²) in [5, 5.41) is 13.5. The number of rotatable bonds is 7. The largest absolute Gasteiger partial charge is 0.872 e. The fourth-order valence-corrected chi connectivity index (χ4v) is 4.06. The van der Waals surface area contributed by atoms with Crippen molar-refractivity contribution in [3.63, 3.8) is 0 Å². The molecule has 1 unspecified atom stereocenters. The van der Waals surface area contributed by atoms with Gasteiger partial charge in [0.1, 0.15) is 12.4 Å². The van der Waals surface area contributed by atoms with Gasteiger partial charge in [0.05, 0.1) is 12.6 Å². The first kappa shape index (κ1) is 22.5. The SMILES string of the molecule is C=CCOc1cccc(C2C(=C([O-])c3ccc(Br)cc3)C(=O)C(=O)N2Cc2ccc[nH+]c2)c1. The van der Waals surface area contributed by atoms with E-state index < -0.39 is 23.5 Å². The van der Waals surface area contributed by atoms with Crippen molar-refractivity contribution in [3.8, 4) is 5.75 Å². The first-order valence-electron chi connectivity index (χ1n) is 10.3. The molecule has 1 aliphatic rings. The van der Waals surface area contributed by atoms with Gasteiger partial charge in [0, 0.05) is 21.7 Å². The standard InChI is InChI=1S/C26H21BrN2O4/c1-2-13-33-21-7-3-6-19(14-21)23-22(24(30)18-8-10-20(27)11-9-18)25(31)26(32)29(23)16-17-5-4-12-28-15-17/h2-12,14-15,23,30H,1,13,16H2. The highest BCUT2D eigenvalue weighted by Gasteiger charge is 2.44. The van der Waals surface area contributed by atoms with Crippen molar-refractivity contribution in [1.82, 2.24) is 4.90 Å². The summed E-state index contributed by atoms with van der Waals surface area (Å²) in [7, 11) is 0. The highest BCUT2D eigenvalue weighted by Crippen LogP contribution is 2.40. The van der Waals surface area contributed by atoms with Crippen LogP contribution < -0.4 is 14.8 Å². The van der Waals surface area contributed by atoms with E-state index in [0.717, 1.165) is 10.0 Å². The second kappa shape index (κ2) is 9.83. The lowest BCUT2D eigenvalue weighted by Crippen LogP contribution is -2.29. The number of hydrogen-bond acceptors (Lipinski definition) is 4. The molecule has 0 saturated carbocycles. The number of ketones is 1. The van der Waals surface area contributed by atoms with Crippen LogP contribution in [0.4, 0.5) is 0 Å². The monoisotopic (exact) mass is 504 g/mol. The Morgan fingerprint density at radius 2 is 1.94 bits per heavy atom. The molecule has 0 aliphatic carbocycles. The van der Waals surface area contributed by atoms with Crippen LogP contribution in [0.2, 0.25) is 0 Å². The molecular formula is C26H21BrN2O4. The average Bonchev–Trinajstić information content (AvgIpc) is 3.08. The zero-order valence-electron chi connectivity index (χ0n) is 17.7. The van der Waals surface area contributed by atoms with E-state index in [4.69, 9.17) is 4.74 Å². The second-order valence-electron chi connectivity index (χ2n) is 7.50. The van der Waals surface area contributed by atoms with Gasteiger partial charge in [0.25, 0.3) is 5.91 Å². The zero-order chi connectivity index (χ0) is 23.4. The second-order valence-corrected chi connectivity index (χ2v) is 8.41. The van der Waals surface area contributed by atoms with Crippen LogP contribution in [0.3, 0.4) is 0 Å². The Morgan fingerprint density at radius 3 is 2.64 bits per heavy atom. The Kier molecular flexibility index (Phi) is 6.70. The summed E-state index contributed by atoms with van der Waals surface area (Å²) in [6.45, 7) is 4.13. The van der Waals surface area contributed by atoms with Gasteiger partial charge in [-0.25, -0.2) is 4.98 Å². The number of benzene rings is 2. The fraction of sp³-hybridized carbons (Fsp3) is 0.115. The van der Waals surface area contributed by atoms with E-state index in [9.17, 15) is 14.7 Å². The number of halogens is 1. The van der Waals surface area contributed by atoms with Crippen molar-refractivity contribution in [3.05, 3.63) is 112 Å². The lowest BCUT2D eigenvalue weighted by Gasteiger charge is -2.27. The predicted molar refractivity (Wildman–Crippen MR) is 124 cm³/mol. The molecule has 2 aromatic carbocycles. The smallest absolute Gasteiger partial charge is 0.295 e. The number of aromatic amines is 1. The number of pyridine rings is 1. The Hall–Kier alpha value is -3.71. The maximum Gasteiger partial charge on any atom is 0.295 e. The van der Waals surface area contributed by atoms with Crippen molar-refractivity contribution in [2.45, 2.75) is 12.6 Å². The number of aromatic nitrogens is 1. The Labute approximate surface area is 200 Å². The first-order chi connectivity index (χ1) is 16.0. The van der Waals surface area contributed by atoms with Crippen molar-refractivity contribution >= 4 is 33.4 Å². The molecule has 1 fully saturated rings. The summed E-state index contributed by atoms with van der Waals surface area (Å²) in [6, 6.07) is 16.6. The van der Waals surface area contributed by atoms with Crippen LogP contribution in [0, 0.1) is 0 Å². The van der Waals surface area contributed by atoms with Crippen molar-refractivity contribution in [2.24, 2.45) is 0 Å².